The van der Waals surface area contributed by atoms with E-state index in [1.54, 1.807) is 23.6 Å². The molecule has 0 N–H and O–H groups in total. The second-order valence-corrected chi connectivity index (χ2v) is 7.52. The number of hydrogen-bond donors (Lipinski definition) is 0. The van der Waals surface area contributed by atoms with Gasteiger partial charge in [-0.1, -0.05) is 37.4 Å². The average Bonchev–Trinajstić information content (AvgIpc) is 2.85. The maximum absolute atomic E-state index is 13.4. The van der Waals surface area contributed by atoms with Gasteiger partial charge in [-0.3, -0.25) is 9.80 Å². The van der Waals surface area contributed by atoms with Crippen LogP contribution in [0.3, 0.4) is 0 Å². The van der Waals surface area contributed by atoms with Crippen LogP contribution >= 0.6 is 0 Å². The quantitative estimate of drug-likeness (QED) is 0.331. The van der Waals surface area contributed by atoms with Crippen LogP contribution in [0.1, 0.15) is 51.0 Å². The summed E-state index contributed by atoms with van der Waals surface area (Å²) in [5.74, 6) is -0.973. The van der Waals surface area contributed by atoms with Crippen LogP contribution in [-0.2, 0) is 19.1 Å². The number of urea groups is 1. The van der Waals surface area contributed by atoms with Gasteiger partial charge in [0.15, 0.2) is 0 Å². The maximum Gasteiger partial charge on any atom is 0.330 e. The minimum Gasteiger partial charge on any atom is -0.455 e. The van der Waals surface area contributed by atoms with Crippen molar-refractivity contribution in [2.75, 3.05) is 22.9 Å². The Morgan fingerprint density at radius 2 is 1.06 bits per heavy atom. The summed E-state index contributed by atoms with van der Waals surface area (Å²) in [7, 11) is 0. The van der Waals surface area contributed by atoms with Crippen LogP contribution < -0.4 is 9.80 Å². The number of ether oxygens (including phenoxy) is 2. The lowest BCUT2D eigenvalue weighted by atomic mass is 10.1. The topological polar surface area (TPSA) is 76.2 Å². The average molecular weight is 465 g/mol. The zero-order valence-corrected chi connectivity index (χ0v) is 20.2. The zero-order chi connectivity index (χ0) is 25.3. The number of hydrogen-bond acceptors (Lipinski definition) is 5. The highest BCUT2D eigenvalue weighted by Crippen LogP contribution is 2.26. The van der Waals surface area contributed by atoms with Gasteiger partial charge in [-0.15, -0.1) is 0 Å². The first kappa shape index (κ1) is 26.4. The zero-order valence-electron chi connectivity index (χ0n) is 20.2. The number of amides is 2. The van der Waals surface area contributed by atoms with Crippen LogP contribution in [0, 0.1) is 0 Å². The Morgan fingerprint density at radius 3 is 1.32 bits per heavy atom. The summed E-state index contributed by atoms with van der Waals surface area (Å²) in [6.45, 7) is 15.1. The van der Waals surface area contributed by atoms with Gasteiger partial charge >= 0.3 is 18.0 Å². The number of benzene rings is 2. The Balaban J connectivity index is 2.18. The lowest BCUT2D eigenvalue weighted by molar-refractivity contribution is -0.143. The second kappa shape index (κ2) is 12.4. The van der Waals surface area contributed by atoms with Crippen LogP contribution in [0.2, 0.25) is 0 Å². The molecule has 2 aromatic rings. The summed E-state index contributed by atoms with van der Waals surface area (Å²) in [6, 6.07) is 14.5. The summed E-state index contributed by atoms with van der Waals surface area (Å²) in [5, 5.41) is 0. The lowest BCUT2D eigenvalue weighted by Crippen LogP contribution is -2.43. The number of nitrogens with zero attached hydrogens (tertiary/aromatic N) is 2. The highest BCUT2D eigenvalue weighted by atomic mass is 16.5. The Labute approximate surface area is 201 Å². The van der Waals surface area contributed by atoms with E-state index in [1.807, 2.05) is 62.4 Å². The van der Waals surface area contributed by atoms with Crippen LogP contribution in [0.4, 0.5) is 16.2 Å². The summed E-state index contributed by atoms with van der Waals surface area (Å²) in [4.78, 5) is 39.6. The fourth-order valence-electron chi connectivity index (χ4n) is 3.43. The van der Waals surface area contributed by atoms with E-state index in [2.05, 4.69) is 13.2 Å². The van der Waals surface area contributed by atoms with Gasteiger partial charge < -0.3 is 9.47 Å². The van der Waals surface area contributed by atoms with Gasteiger partial charge in [0.1, 0.15) is 12.2 Å². The van der Waals surface area contributed by atoms with Crippen molar-refractivity contribution in [2.24, 2.45) is 0 Å². The molecule has 0 saturated carbocycles. The minimum absolute atomic E-state index is 0.164. The molecule has 180 valence electrons. The van der Waals surface area contributed by atoms with Gasteiger partial charge in [0, 0.05) is 36.6 Å². The van der Waals surface area contributed by atoms with Gasteiger partial charge in [-0.2, -0.15) is 0 Å². The van der Waals surface area contributed by atoms with Crippen LogP contribution in [0.25, 0.3) is 0 Å². The van der Waals surface area contributed by atoms with Crippen molar-refractivity contribution in [1.82, 2.24) is 0 Å². The number of esters is 2. The molecule has 7 heteroatoms. The molecule has 0 spiro atoms. The molecule has 0 fully saturated rings. The van der Waals surface area contributed by atoms with E-state index in [4.69, 9.17) is 9.47 Å². The summed E-state index contributed by atoms with van der Waals surface area (Å²) < 4.78 is 10.5. The molecule has 0 saturated heterocycles. The second-order valence-electron chi connectivity index (χ2n) is 7.52. The molecule has 2 amide bonds. The van der Waals surface area contributed by atoms with E-state index in [0.717, 1.165) is 34.7 Å². The molecule has 0 bridgehead atoms. The van der Waals surface area contributed by atoms with Crippen molar-refractivity contribution < 1.29 is 23.9 Å². The van der Waals surface area contributed by atoms with E-state index in [9.17, 15) is 14.4 Å². The first-order valence-electron chi connectivity index (χ1n) is 11.2. The van der Waals surface area contributed by atoms with Crippen LogP contribution in [0.15, 0.2) is 73.8 Å². The monoisotopic (exact) mass is 464 g/mol. The van der Waals surface area contributed by atoms with Gasteiger partial charge in [-0.05, 0) is 63.1 Å². The molecule has 0 aliphatic heterocycles. The van der Waals surface area contributed by atoms with Crippen molar-refractivity contribution in [3.05, 3.63) is 85.0 Å². The highest BCUT2D eigenvalue weighted by Gasteiger charge is 2.22. The SMILES string of the molecule is C=CC(=O)OC(C)c1ccc(N(CC)C(=O)N(CC)c2ccc(C(C)OC(=O)C=C)cc2)cc1. The van der Waals surface area contributed by atoms with Gasteiger partial charge in [-0.25, -0.2) is 14.4 Å². The third-order valence-corrected chi connectivity index (χ3v) is 5.36. The van der Waals surface area contributed by atoms with Crippen molar-refractivity contribution in [3.63, 3.8) is 0 Å². The van der Waals surface area contributed by atoms with Crippen molar-refractivity contribution in [3.8, 4) is 0 Å². The highest BCUT2D eigenvalue weighted by molar-refractivity contribution is 6.03. The molecule has 0 aliphatic carbocycles. The van der Waals surface area contributed by atoms with Gasteiger partial charge in [0.2, 0.25) is 0 Å². The molecule has 7 nitrogen and oxygen atoms in total. The fraction of sp³-hybridized carbons (Fsp3) is 0.296. The van der Waals surface area contributed by atoms with Crippen LogP contribution in [-0.4, -0.2) is 31.1 Å². The minimum atomic E-state index is -0.486. The predicted octanol–water partition coefficient (Wildman–Crippen LogP) is 5.74. The molecule has 34 heavy (non-hydrogen) atoms. The van der Waals surface area contributed by atoms with Gasteiger partial charge in [0.25, 0.3) is 0 Å². The normalized spacial score (nSPS) is 12.1. The Kier molecular flexibility index (Phi) is 9.62. The third kappa shape index (κ3) is 6.57. The molecule has 0 radical (unpaired) electrons. The number of anilines is 2. The molecular weight excluding hydrogens is 432 g/mol. The van der Waals surface area contributed by atoms with Crippen LogP contribution in [0.5, 0.6) is 0 Å². The molecule has 2 rings (SSSR count). The van der Waals surface area contributed by atoms with Crippen molar-refractivity contribution >= 4 is 29.3 Å². The molecule has 2 unspecified atom stereocenters. The molecule has 0 aromatic heterocycles. The first-order chi connectivity index (χ1) is 16.2. The molecule has 2 atom stereocenters. The van der Waals surface area contributed by atoms with Crippen molar-refractivity contribution in [2.45, 2.75) is 39.9 Å². The molecule has 2 aromatic carbocycles. The Hall–Kier alpha value is -3.87. The van der Waals surface area contributed by atoms with Gasteiger partial charge in [0.05, 0.1) is 0 Å². The predicted molar refractivity (Wildman–Crippen MR) is 134 cm³/mol. The summed E-state index contributed by atoms with van der Waals surface area (Å²) in [5.41, 5.74) is 3.10. The summed E-state index contributed by atoms with van der Waals surface area (Å²) in [6.07, 6.45) is 1.40. The largest absolute Gasteiger partial charge is 0.455 e. The smallest absolute Gasteiger partial charge is 0.330 e. The number of rotatable bonds is 10. The Bertz CT molecular complexity index is 933. The van der Waals surface area contributed by atoms with Crippen molar-refractivity contribution in [1.29, 1.82) is 0 Å². The molecular formula is C27H32N2O5. The Morgan fingerprint density at radius 1 is 0.735 bits per heavy atom. The van der Waals surface area contributed by atoms with E-state index in [1.165, 1.54) is 0 Å². The van der Waals surface area contributed by atoms with E-state index < -0.39 is 24.1 Å². The lowest BCUT2D eigenvalue weighted by Gasteiger charge is -2.30. The fourth-order valence-corrected chi connectivity index (χ4v) is 3.43. The third-order valence-electron chi connectivity index (χ3n) is 5.36. The first-order valence-corrected chi connectivity index (χ1v) is 11.2. The molecule has 0 heterocycles. The number of carbonyl (C=O) groups is 3. The molecule has 0 aliphatic rings. The maximum atomic E-state index is 13.4. The standard InChI is InChI=1S/C27H32N2O5/c1-7-25(30)33-19(5)21-11-15-23(16-12-21)28(9-3)27(32)29(10-4)24-17-13-22(14-18-24)20(6)34-26(31)8-2/h7-8,11-20H,1-2,9-10H2,3-6H3. The summed E-state index contributed by atoms with van der Waals surface area (Å²) >= 11 is 0. The van der Waals surface area contributed by atoms with E-state index in [-0.39, 0.29) is 6.03 Å². The number of carbonyl (C=O) groups excluding carboxylic acids is 3. The van der Waals surface area contributed by atoms with E-state index in [0.29, 0.717) is 13.1 Å². The van der Waals surface area contributed by atoms with E-state index >= 15 is 0 Å².